The molecule has 21 heavy (non-hydrogen) atoms. The van der Waals surface area contributed by atoms with E-state index < -0.39 is 12.1 Å². The summed E-state index contributed by atoms with van der Waals surface area (Å²) in [4.78, 5) is 23.2. The molecule has 0 saturated carbocycles. The van der Waals surface area contributed by atoms with Crippen LogP contribution in [0.3, 0.4) is 0 Å². The second-order valence-corrected chi connectivity index (χ2v) is 4.29. The summed E-state index contributed by atoms with van der Waals surface area (Å²) in [5.74, 6) is -0.542. The predicted molar refractivity (Wildman–Crippen MR) is 77.2 cm³/mol. The number of methoxy groups -OCH3 is 2. The van der Waals surface area contributed by atoms with E-state index in [1.54, 1.807) is 14.0 Å². The molecule has 1 unspecified atom stereocenters. The van der Waals surface area contributed by atoms with E-state index in [1.807, 2.05) is 0 Å². The third-order valence-electron chi connectivity index (χ3n) is 2.71. The van der Waals surface area contributed by atoms with Gasteiger partial charge < -0.3 is 25.3 Å². The molecule has 1 amide bonds. The first-order valence-electron chi connectivity index (χ1n) is 6.40. The first-order chi connectivity index (χ1) is 9.99. The van der Waals surface area contributed by atoms with E-state index in [0.717, 1.165) is 0 Å². The number of ether oxygens (including phenoxy) is 3. The van der Waals surface area contributed by atoms with Crippen molar-refractivity contribution in [2.45, 2.75) is 13.0 Å². The van der Waals surface area contributed by atoms with Gasteiger partial charge in [0, 0.05) is 13.7 Å². The van der Waals surface area contributed by atoms with Crippen molar-refractivity contribution in [3.8, 4) is 5.75 Å². The number of rotatable bonds is 7. The van der Waals surface area contributed by atoms with Gasteiger partial charge in [-0.2, -0.15) is 0 Å². The molecule has 7 heteroatoms. The minimum absolute atomic E-state index is 0.257. The van der Waals surface area contributed by atoms with E-state index in [-0.39, 0.29) is 11.7 Å². The molecule has 3 N–H and O–H groups in total. The molecule has 0 saturated heterocycles. The number of hydrogen-bond donors (Lipinski definition) is 2. The Labute approximate surface area is 123 Å². The standard InChI is InChI=1S/C14H20N2O5/c1-9(13(17)16-6-7-19-2)21-12-8-10(14(18)20-3)4-5-11(12)15/h4-5,8-9H,6-7,15H2,1-3H3,(H,16,17). The van der Waals surface area contributed by atoms with Crippen LogP contribution in [0, 0.1) is 0 Å². The van der Waals surface area contributed by atoms with Crippen molar-refractivity contribution in [1.29, 1.82) is 0 Å². The number of nitrogens with one attached hydrogen (secondary N) is 1. The van der Waals surface area contributed by atoms with Crippen molar-refractivity contribution in [1.82, 2.24) is 5.32 Å². The van der Waals surface area contributed by atoms with Crippen LogP contribution in [-0.4, -0.2) is 45.4 Å². The average Bonchev–Trinajstić information content (AvgIpc) is 2.48. The van der Waals surface area contributed by atoms with Gasteiger partial charge in [0.1, 0.15) is 5.75 Å². The van der Waals surface area contributed by atoms with E-state index in [9.17, 15) is 9.59 Å². The van der Waals surface area contributed by atoms with Gasteiger partial charge in [0.2, 0.25) is 0 Å². The Bertz CT molecular complexity index is 504. The van der Waals surface area contributed by atoms with Gasteiger partial charge in [-0.25, -0.2) is 4.79 Å². The van der Waals surface area contributed by atoms with Crippen molar-refractivity contribution in [3.05, 3.63) is 23.8 Å². The summed E-state index contributed by atoms with van der Waals surface area (Å²) in [7, 11) is 2.83. The summed E-state index contributed by atoms with van der Waals surface area (Å²) in [6.45, 7) is 2.39. The molecule has 0 bridgehead atoms. The molecule has 0 aromatic heterocycles. The molecule has 0 aliphatic carbocycles. The number of nitrogens with two attached hydrogens (primary N) is 1. The molecule has 7 nitrogen and oxygen atoms in total. The van der Waals surface area contributed by atoms with Crippen molar-refractivity contribution in [3.63, 3.8) is 0 Å². The van der Waals surface area contributed by atoms with Crippen LogP contribution in [0.15, 0.2) is 18.2 Å². The number of amides is 1. The number of hydrogen-bond acceptors (Lipinski definition) is 6. The van der Waals surface area contributed by atoms with Crippen molar-refractivity contribution < 1.29 is 23.8 Å². The molecule has 0 radical (unpaired) electrons. The van der Waals surface area contributed by atoms with E-state index in [4.69, 9.17) is 15.2 Å². The zero-order valence-corrected chi connectivity index (χ0v) is 12.3. The van der Waals surface area contributed by atoms with Gasteiger partial charge in [0.25, 0.3) is 5.91 Å². The minimum Gasteiger partial charge on any atom is -0.479 e. The average molecular weight is 296 g/mol. The molecule has 1 rings (SSSR count). The molecular weight excluding hydrogens is 276 g/mol. The molecule has 0 spiro atoms. The van der Waals surface area contributed by atoms with Gasteiger partial charge in [-0.15, -0.1) is 0 Å². The summed E-state index contributed by atoms with van der Waals surface area (Å²) in [6, 6.07) is 4.49. The second kappa shape index (κ2) is 8.11. The summed E-state index contributed by atoms with van der Waals surface area (Å²) < 4.78 is 14.9. The normalized spacial score (nSPS) is 11.6. The number of esters is 1. The molecule has 0 fully saturated rings. The van der Waals surface area contributed by atoms with Gasteiger partial charge in [0.05, 0.1) is 25.0 Å². The first-order valence-corrected chi connectivity index (χ1v) is 6.40. The van der Waals surface area contributed by atoms with Crippen LogP contribution in [-0.2, 0) is 14.3 Å². The Morgan fingerprint density at radius 3 is 2.67 bits per heavy atom. The second-order valence-electron chi connectivity index (χ2n) is 4.29. The fourth-order valence-electron chi connectivity index (χ4n) is 1.55. The van der Waals surface area contributed by atoms with Gasteiger partial charge in [-0.3, -0.25) is 4.79 Å². The molecule has 0 aliphatic heterocycles. The Kier molecular flexibility index (Phi) is 6.48. The van der Waals surface area contributed by atoms with Crippen molar-refractivity contribution in [2.24, 2.45) is 0 Å². The highest BCUT2D eigenvalue weighted by Gasteiger charge is 2.17. The maximum Gasteiger partial charge on any atom is 0.337 e. The van der Waals surface area contributed by atoms with Gasteiger partial charge >= 0.3 is 5.97 Å². The third-order valence-corrected chi connectivity index (χ3v) is 2.71. The van der Waals surface area contributed by atoms with Crippen LogP contribution < -0.4 is 15.8 Å². The smallest absolute Gasteiger partial charge is 0.337 e. The maximum atomic E-state index is 11.8. The summed E-state index contributed by atoms with van der Waals surface area (Å²) in [5, 5.41) is 2.65. The first kappa shape index (κ1) is 16.8. The van der Waals surface area contributed by atoms with Crippen LogP contribution in [0.2, 0.25) is 0 Å². The number of anilines is 1. The predicted octanol–water partition coefficient (Wildman–Crippen LogP) is 0.585. The van der Waals surface area contributed by atoms with E-state index in [2.05, 4.69) is 10.1 Å². The number of nitrogen functional groups attached to an aromatic ring is 1. The fourth-order valence-corrected chi connectivity index (χ4v) is 1.55. The summed E-state index contributed by atoms with van der Waals surface area (Å²) >= 11 is 0. The zero-order valence-electron chi connectivity index (χ0n) is 12.3. The Hall–Kier alpha value is -2.28. The lowest BCUT2D eigenvalue weighted by atomic mass is 10.2. The molecule has 1 aromatic carbocycles. The highest BCUT2D eigenvalue weighted by Crippen LogP contribution is 2.24. The van der Waals surface area contributed by atoms with E-state index >= 15 is 0 Å². The molecule has 1 atom stereocenters. The number of carbonyl (C=O) groups is 2. The lowest BCUT2D eigenvalue weighted by Crippen LogP contribution is -2.38. The molecule has 116 valence electrons. The highest BCUT2D eigenvalue weighted by molar-refractivity contribution is 5.90. The summed E-state index contributed by atoms with van der Waals surface area (Å²) in [5.41, 5.74) is 6.40. The Morgan fingerprint density at radius 2 is 2.05 bits per heavy atom. The van der Waals surface area contributed by atoms with Crippen LogP contribution in [0.25, 0.3) is 0 Å². The minimum atomic E-state index is -0.753. The SMILES string of the molecule is COCCNC(=O)C(C)Oc1cc(C(=O)OC)ccc1N. The van der Waals surface area contributed by atoms with E-state index in [0.29, 0.717) is 24.4 Å². The number of carbonyl (C=O) groups excluding carboxylic acids is 2. The highest BCUT2D eigenvalue weighted by atomic mass is 16.5. The maximum absolute atomic E-state index is 11.8. The van der Waals surface area contributed by atoms with E-state index in [1.165, 1.54) is 25.3 Å². The third kappa shape index (κ3) is 4.96. The van der Waals surface area contributed by atoms with Gasteiger partial charge in [0.15, 0.2) is 6.10 Å². The Balaban J connectivity index is 2.72. The molecular formula is C14H20N2O5. The van der Waals surface area contributed by atoms with Crippen molar-refractivity contribution >= 4 is 17.6 Å². The zero-order chi connectivity index (χ0) is 15.8. The van der Waals surface area contributed by atoms with Crippen LogP contribution >= 0.6 is 0 Å². The molecule has 1 aromatic rings. The van der Waals surface area contributed by atoms with Crippen molar-refractivity contribution in [2.75, 3.05) is 33.1 Å². The van der Waals surface area contributed by atoms with Crippen LogP contribution in [0.1, 0.15) is 17.3 Å². The van der Waals surface area contributed by atoms with Gasteiger partial charge in [-0.05, 0) is 25.1 Å². The molecule has 0 aliphatic rings. The topological polar surface area (TPSA) is 99.9 Å². The monoisotopic (exact) mass is 296 g/mol. The Morgan fingerprint density at radius 1 is 1.33 bits per heavy atom. The lowest BCUT2D eigenvalue weighted by molar-refractivity contribution is -0.127. The fraction of sp³-hybridized carbons (Fsp3) is 0.429. The lowest BCUT2D eigenvalue weighted by Gasteiger charge is -2.16. The number of benzene rings is 1. The molecule has 0 heterocycles. The largest absolute Gasteiger partial charge is 0.479 e. The quantitative estimate of drug-likeness (QED) is 0.434. The van der Waals surface area contributed by atoms with Crippen LogP contribution in [0.4, 0.5) is 5.69 Å². The van der Waals surface area contributed by atoms with Gasteiger partial charge in [-0.1, -0.05) is 0 Å². The van der Waals surface area contributed by atoms with Crippen LogP contribution in [0.5, 0.6) is 5.75 Å². The summed E-state index contributed by atoms with van der Waals surface area (Å²) in [6.07, 6.45) is -0.753.